The van der Waals surface area contributed by atoms with Crippen molar-refractivity contribution in [2.75, 3.05) is 4.90 Å². The number of amides is 3. The lowest BCUT2D eigenvalue weighted by atomic mass is 10.2. The number of hydrogen-bond acceptors (Lipinski definition) is 3. The smallest absolute Gasteiger partial charge is 0.323 e. The first-order chi connectivity index (χ1) is 8.03. The zero-order valence-electron chi connectivity index (χ0n) is 9.27. The Balaban J connectivity index is 2.04. The average molecular weight is 233 g/mol. The summed E-state index contributed by atoms with van der Waals surface area (Å²) in [6.07, 6.45) is 2.90. The highest BCUT2D eigenvalue weighted by molar-refractivity contribution is 6.24. The van der Waals surface area contributed by atoms with Gasteiger partial charge in [-0.2, -0.15) is 0 Å². The van der Waals surface area contributed by atoms with Gasteiger partial charge in [-0.15, -0.1) is 0 Å². The average Bonchev–Trinajstić information content (AvgIpc) is 2.99. The first-order valence-corrected chi connectivity index (χ1v) is 5.37. The van der Waals surface area contributed by atoms with Crippen LogP contribution in [0.4, 0.5) is 10.5 Å². The molecule has 1 saturated carbocycles. The molecule has 0 bridgehead atoms. The number of urea groups is 1. The Morgan fingerprint density at radius 2 is 2.00 bits per heavy atom. The molecule has 1 aliphatic heterocycles. The van der Waals surface area contributed by atoms with Gasteiger partial charge in [0.2, 0.25) is 0 Å². The highest BCUT2D eigenvalue weighted by Gasteiger charge is 2.59. The molecule has 3 rings (SSSR count). The van der Waals surface area contributed by atoms with Crippen molar-refractivity contribution in [3.63, 3.8) is 0 Å². The molecule has 0 atom stereocenters. The van der Waals surface area contributed by atoms with E-state index >= 15 is 0 Å². The van der Waals surface area contributed by atoms with Crippen LogP contribution in [0.2, 0.25) is 0 Å². The summed E-state index contributed by atoms with van der Waals surface area (Å²) in [5.41, 5.74) is -0.600. The maximum atomic E-state index is 12.0. The van der Waals surface area contributed by atoms with Gasteiger partial charge < -0.3 is 9.88 Å². The van der Waals surface area contributed by atoms with Crippen LogP contribution in [0.3, 0.4) is 0 Å². The Morgan fingerprint density at radius 3 is 2.53 bits per heavy atom. The molecular formula is C11H11N3O3. The Kier molecular flexibility index (Phi) is 1.76. The lowest BCUT2D eigenvalue weighted by Crippen LogP contribution is -2.33. The normalized spacial score (nSPS) is 20.9. The number of nitrogens with zero attached hydrogens (tertiary/aromatic N) is 2. The van der Waals surface area contributed by atoms with Crippen LogP contribution < -0.4 is 15.8 Å². The van der Waals surface area contributed by atoms with Crippen molar-refractivity contribution < 1.29 is 9.59 Å². The second-order valence-electron chi connectivity index (χ2n) is 4.49. The number of hydrogen-bond donors (Lipinski definition) is 1. The third kappa shape index (κ3) is 1.30. The number of carbonyl (C=O) groups excluding carboxylic acids is 2. The third-order valence-corrected chi connectivity index (χ3v) is 3.26. The molecule has 1 aromatic rings. The molecule has 0 unspecified atom stereocenters. The van der Waals surface area contributed by atoms with Gasteiger partial charge in [-0.3, -0.25) is 9.59 Å². The van der Waals surface area contributed by atoms with Gasteiger partial charge in [0.1, 0.15) is 5.54 Å². The van der Waals surface area contributed by atoms with Gasteiger partial charge in [-0.25, -0.2) is 9.69 Å². The minimum Gasteiger partial charge on any atom is -0.323 e. The van der Waals surface area contributed by atoms with E-state index in [1.165, 1.54) is 16.8 Å². The predicted octanol–water partition coefficient (Wildman–Crippen LogP) is -0.0259. The first-order valence-electron chi connectivity index (χ1n) is 5.37. The Hall–Kier alpha value is -2.11. The zero-order valence-corrected chi connectivity index (χ0v) is 9.27. The number of nitrogens with one attached hydrogen (secondary N) is 1. The van der Waals surface area contributed by atoms with Crippen molar-refractivity contribution in [3.8, 4) is 0 Å². The van der Waals surface area contributed by atoms with Gasteiger partial charge in [-0.1, -0.05) is 0 Å². The second-order valence-corrected chi connectivity index (χ2v) is 4.49. The molecule has 17 heavy (non-hydrogen) atoms. The minimum absolute atomic E-state index is 0.250. The molecule has 6 heteroatoms. The van der Waals surface area contributed by atoms with Crippen LogP contribution in [0.15, 0.2) is 23.1 Å². The second kappa shape index (κ2) is 2.97. The fraction of sp³-hybridized carbons (Fsp3) is 0.364. The van der Waals surface area contributed by atoms with Gasteiger partial charge in [-0.05, 0) is 18.9 Å². The van der Waals surface area contributed by atoms with Gasteiger partial charge >= 0.3 is 6.03 Å². The molecule has 1 aromatic heterocycles. The molecule has 6 nitrogen and oxygen atoms in total. The fourth-order valence-electron chi connectivity index (χ4n) is 2.00. The topological polar surface area (TPSA) is 71.4 Å². The molecular weight excluding hydrogens is 222 g/mol. The lowest BCUT2D eigenvalue weighted by molar-refractivity contribution is -0.119. The van der Waals surface area contributed by atoms with Crippen LogP contribution >= 0.6 is 0 Å². The number of carbonyl (C=O) groups is 2. The molecule has 1 saturated heterocycles. The van der Waals surface area contributed by atoms with Crippen LogP contribution in [-0.2, 0) is 11.8 Å². The summed E-state index contributed by atoms with van der Waals surface area (Å²) in [7, 11) is 1.61. The Morgan fingerprint density at radius 1 is 1.29 bits per heavy atom. The number of aromatic nitrogens is 1. The van der Waals surface area contributed by atoms with Gasteiger partial charge in [0.15, 0.2) is 0 Å². The summed E-state index contributed by atoms with van der Waals surface area (Å²) in [5.74, 6) is -0.254. The summed E-state index contributed by atoms with van der Waals surface area (Å²) in [4.78, 5) is 36.3. The number of anilines is 1. The molecule has 1 N–H and O–H groups in total. The van der Waals surface area contributed by atoms with Crippen molar-refractivity contribution in [1.82, 2.24) is 9.88 Å². The van der Waals surface area contributed by atoms with E-state index in [-0.39, 0.29) is 11.5 Å². The van der Waals surface area contributed by atoms with Crippen molar-refractivity contribution in [2.24, 2.45) is 7.05 Å². The molecule has 2 heterocycles. The Bertz CT molecular complexity index is 586. The van der Waals surface area contributed by atoms with Gasteiger partial charge in [0.25, 0.3) is 11.5 Å². The molecule has 3 amide bonds. The summed E-state index contributed by atoms with van der Waals surface area (Å²) < 4.78 is 1.38. The van der Waals surface area contributed by atoms with E-state index in [9.17, 15) is 14.4 Å². The number of rotatable bonds is 1. The first kappa shape index (κ1) is 10.1. The lowest BCUT2D eigenvalue weighted by Gasteiger charge is -2.12. The molecule has 88 valence electrons. The van der Waals surface area contributed by atoms with E-state index in [0.717, 1.165) is 4.90 Å². The van der Waals surface area contributed by atoms with E-state index in [0.29, 0.717) is 18.5 Å². The highest BCUT2D eigenvalue weighted by Crippen LogP contribution is 2.41. The molecule has 0 radical (unpaired) electrons. The van der Waals surface area contributed by atoms with E-state index in [4.69, 9.17) is 0 Å². The summed E-state index contributed by atoms with van der Waals surface area (Å²) in [5, 5.41) is 2.67. The molecule has 2 aliphatic rings. The molecule has 1 spiro atoms. The predicted molar refractivity (Wildman–Crippen MR) is 59.7 cm³/mol. The van der Waals surface area contributed by atoms with Crippen molar-refractivity contribution in [2.45, 2.75) is 18.4 Å². The van der Waals surface area contributed by atoms with Crippen LogP contribution in [0, 0.1) is 0 Å². The van der Waals surface area contributed by atoms with Crippen molar-refractivity contribution >= 4 is 17.6 Å². The summed E-state index contributed by atoms with van der Waals surface area (Å²) in [6.45, 7) is 0. The molecule has 0 aromatic carbocycles. The largest absolute Gasteiger partial charge is 0.329 e. The summed E-state index contributed by atoms with van der Waals surface area (Å²) in [6, 6.07) is 2.43. The highest BCUT2D eigenvalue weighted by atomic mass is 16.2. The molecule has 1 aliphatic carbocycles. The standard InChI is InChI=1S/C11H11N3O3/c1-13-5-2-7(6-8(13)15)14-9(16)11(3-4-11)12-10(14)17/h2,5-6H,3-4H2,1H3,(H,12,17). The number of imide groups is 1. The molecule has 2 fully saturated rings. The number of aryl methyl sites for hydroxylation is 1. The van der Waals surface area contributed by atoms with Crippen LogP contribution in [-0.4, -0.2) is 22.0 Å². The van der Waals surface area contributed by atoms with Crippen LogP contribution in [0.5, 0.6) is 0 Å². The van der Waals surface area contributed by atoms with Crippen molar-refractivity contribution in [1.29, 1.82) is 0 Å². The maximum absolute atomic E-state index is 12.0. The van der Waals surface area contributed by atoms with Crippen LogP contribution in [0.1, 0.15) is 12.8 Å². The van der Waals surface area contributed by atoms with E-state index in [1.807, 2.05) is 0 Å². The maximum Gasteiger partial charge on any atom is 0.329 e. The fourth-order valence-corrected chi connectivity index (χ4v) is 2.00. The van der Waals surface area contributed by atoms with Gasteiger partial charge in [0, 0.05) is 19.3 Å². The quantitative estimate of drug-likeness (QED) is 0.692. The van der Waals surface area contributed by atoms with E-state index in [1.54, 1.807) is 13.1 Å². The third-order valence-electron chi connectivity index (χ3n) is 3.26. The van der Waals surface area contributed by atoms with Crippen molar-refractivity contribution in [3.05, 3.63) is 28.7 Å². The van der Waals surface area contributed by atoms with Crippen LogP contribution in [0.25, 0.3) is 0 Å². The van der Waals surface area contributed by atoms with E-state index in [2.05, 4.69) is 5.32 Å². The zero-order chi connectivity index (χ0) is 12.2. The minimum atomic E-state index is -0.682. The summed E-state index contributed by atoms with van der Waals surface area (Å²) >= 11 is 0. The Labute approximate surface area is 96.8 Å². The van der Waals surface area contributed by atoms with E-state index < -0.39 is 11.6 Å². The SMILES string of the molecule is Cn1ccc(N2C(=O)NC3(CC3)C2=O)cc1=O. The monoisotopic (exact) mass is 233 g/mol. The van der Waals surface area contributed by atoms with Gasteiger partial charge in [0.05, 0.1) is 5.69 Å². The number of pyridine rings is 1.